The van der Waals surface area contributed by atoms with Crippen LogP contribution in [0, 0.1) is 13.8 Å². The van der Waals surface area contributed by atoms with Crippen LogP contribution in [-0.4, -0.2) is 25.7 Å². The zero-order valence-corrected chi connectivity index (χ0v) is 9.93. The van der Waals surface area contributed by atoms with Gasteiger partial charge in [-0.3, -0.25) is 14.8 Å². The molecule has 0 aliphatic carbocycles. The fourth-order valence-corrected chi connectivity index (χ4v) is 1.49. The summed E-state index contributed by atoms with van der Waals surface area (Å²) in [5.41, 5.74) is 2.12. The topological polar surface area (TPSA) is 72.7 Å². The molecule has 0 unspecified atom stereocenters. The van der Waals surface area contributed by atoms with E-state index in [9.17, 15) is 4.79 Å². The number of aromatic nitrogens is 4. The number of nitrogens with one attached hydrogen (secondary N) is 1. The van der Waals surface area contributed by atoms with Crippen LogP contribution < -0.4 is 5.32 Å². The van der Waals surface area contributed by atoms with Gasteiger partial charge in [-0.25, -0.2) is 9.97 Å². The summed E-state index contributed by atoms with van der Waals surface area (Å²) in [4.78, 5) is 20.1. The van der Waals surface area contributed by atoms with Gasteiger partial charge in [0, 0.05) is 24.6 Å². The molecule has 17 heavy (non-hydrogen) atoms. The van der Waals surface area contributed by atoms with Crippen LogP contribution in [0.2, 0.25) is 0 Å². The monoisotopic (exact) mass is 231 g/mol. The quantitative estimate of drug-likeness (QED) is 0.839. The number of carbonyl (C=O) groups excluding carboxylic acids is 1. The first kappa shape index (κ1) is 11.3. The molecular weight excluding hydrogens is 218 g/mol. The lowest BCUT2D eigenvalue weighted by molar-refractivity contribution is 0.102. The van der Waals surface area contributed by atoms with Crippen LogP contribution in [0.4, 0.5) is 5.95 Å². The van der Waals surface area contributed by atoms with E-state index in [0.717, 1.165) is 11.4 Å². The number of anilines is 1. The zero-order chi connectivity index (χ0) is 12.4. The van der Waals surface area contributed by atoms with Gasteiger partial charge in [0.05, 0.1) is 11.8 Å². The van der Waals surface area contributed by atoms with Crippen molar-refractivity contribution >= 4 is 11.9 Å². The van der Waals surface area contributed by atoms with Gasteiger partial charge in [-0.05, 0) is 19.9 Å². The van der Waals surface area contributed by atoms with Crippen molar-refractivity contribution in [2.45, 2.75) is 13.8 Å². The van der Waals surface area contributed by atoms with Crippen LogP contribution in [0.3, 0.4) is 0 Å². The molecule has 2 aromatic rings. The molecule has 1 amide bonds. The standard InChI is InChI=1S/C11H13N5O/c1-7-4-8(2)14-11(13-7)15-10(17)9-5-12-16(3)6-9/h4-6H,1-3H3,(H,13,14,15,17). The number of amides is 1. The minimum atomic E-state index is -0.261. The van der Waals surface area contributed by atoms with Crippen LogP contribution >= 0.6 is 0 Å². The highest BCUT2D eigenvalue weighted by Crippen LogP contribution is 2.06. The molecule has 0 aliphatic heterocycles. The maximum Gasteiger partial charge on any atom is 0.261 e. The first-order valence-corrected chi connectivity index (χ1v) is 5.17. The fourth-order valence-electron chi connectivity index (χ4n) is 1.49. The second kappa shape index (κ2) is 4.32. The van der Waals surface area contributed by atoms with Crippen molar-refractivity contribution in [3.05, 3.63) is 35.4 Å². The zero-order valence-electron chi connectivity index (χ0n) is 9.93. The van der Waals surface area contributed by atoms with Crippen LogP contribution in [0.15, 0.2) is 18.5 Å². The van der Waals surface area contributed by atoms with Gasteiger partial charge in [0.1, 0.15) is 0 Å². The Hall–Kier alpha value is -2.24. The Morgan fingerprint density at radius 2 is 1.94 bits per heavy atom. The van der Waals surface area contributed by atoms with Crippen LogP contribution in [-0.2, 0) is 7.05 Å². The fraction of sp³-hybridized carbons (Fsp3) is 0.273. The van der Waals surface area contributed by atoms with E-state index < -0.39 is 0 Å². The summed E-state index contributed by atoms with van der Waals surface area (Å²) in [5, 5.41) is 6.57. The summed E-state index contributed by atoms with van der Waals surface area (Å²) < 4.78 is 1.57. The van der Waals surface area contributed by atoms with E-state index in [-0.39, 0.29) is 5.91 Å². The molecule has 0 saturated heterocycles. The van der Waals surface area contributed by atoms with Gasteiger partial charge in [-0.15, -0.1) is 0 Å². The highest BCUT2D eigenvalue weighted by Gasteiger charge is 2.10. The molecule has 88 valence electrons. The summed E-state index contributed by atoms with van der Waals surface area (Å²) in [6.45, 7) is 3.71. The normalized spacial score (nSPS) is 10.3. The van der Waals surface area contributed by atoms with E-state index in [1.165, 1.54) is 6.20 Å². The van der Waals surface area contributed by atoms with Gasteiger partial charge >= 0.3 is 0 Å². The van der Waals surface area contributed by atoms with Crippen molar-refractivity contribution in [1.82, 2.24) is 19.7 Å². The molecule has 0 saturated carbocycles. The predicted molar refractivity (Wildman–Crippen MR) is 62.7 cm³/mol. The van der Waals surface area contributed by atoms with Gasteiger partial charge in [0.25, 0.3) is 5.91 Å². The Balaban J connectivity index is 2.18. The highest BCUT2D eigenvalue weighted by atomic mass is 16.1. The van der Waals surface area contributed by atoms with Crippen molar-refractivity contribution < 1.29 is 4.79 Å². The average Bonchev–Trinajstić information content (AvgIpc) is 2.63. The highest BCUT2D eigenvalue weighted by molar-refractivity contribution is 6.02. The molecule has 0 aliphatic rings. The molecule has 0 radical (unpaired) electrons. The summed E-state index contributed by atoms with van der Waals surface area (Å²) >= 11 is 0. The number of nitrogens with zero attached hydrogens (tertiary/aromatic N) is 4. The van der Waals surface area contributed by atoms with Gasteiger partial charge in [-0.1, -0.05) is 0 Å². The van der Waals surface area contributed by atoms with Crippen molar-refractivity contribution in [3.8, 4) is 0 Å². The SMILES string of the molecule is Cc1cc(C)nc(NC(=O)c2cnn(C)c2)n1. The smallest absolute Gasteiger partial charge is 0.261 e. The Bertz CT molecular complexity index is 540. The maximum absolute atomic E-state index is 11.8. The van der Waals surface area contributed by atoms with E-state index in [1.807, 2.05) is 19.9 Å². The molecule has 0 bridgehead atoms. The summed E-state index contributed by atoms with van der Waals surface area (Å²) in [5.74, 6) is 0.0550. The molecule has 2 rings (SSSR count). The van der Waals surface area contributed by atoms with E-state index >= 15 is 0 Å². The molecule has 0 aromatic carbocycles. The minimum absolute atomic E-state index is 0.261. The number of hydrogen-bond acceptors (Lipinski definition) is 4. The number of aryl methyl sites for hydroxylation is 3. The summed E-state index contributed by atoms with van der Waals surface area (Å²) in [6, 6.07) is 1.85. The Kier molecular flexibility index (Phi) is 2.86. The molecule has 6 heteroatoms. The molecule has 0 spiro atoms. The number of hydrogen-bond donors (Lipinski definition) is 1. The lowest BCUT2D eigenvalue weighted by atomic mass is 10.3. The van der Waals surface area contributed by atoms with Gasteiger partial charge < -0.3 is 0 Å². The lowest BCUT2D eigenvalue weighted by Gasteiger charge is -2.03. The molecule has 2 aromatic heterocycles. The van der Waals surface area contributed by atoms with Crippen LogP contribution in [0.5, 0.6) is 0 Å². The number of carbonyl (C=O) groups is 1. The Morgan fingerprint density at radius 1 is 1.29 bits per heavy atom. The third-order valence-electron chi connectivity index (χ3n) is 2.17. The second-order valence-corrected chi connectivity index (χ2v) is 3.83. The van der Waals surface area contributed by atoms with Crippen molar-refractivity contribution in [2.75, 3.05) is 5.32 Å². The Morgan fingerprint density at radius 3 is 2.47 bits per heavy atom. The van der Waals surface area contributed by atoms with E-state index in [2.05, 4.69) is 20.4 Å². The summed E-state index contributed by atoms with van der Waals surface area (Å²) in [7, 11) is 1.75. The van der Waals surface area contributed by atoms with E-state index in [0.29, 0.717) is 11.5 Å². The average molecular weight is 231 g/mol. The van der Waals surface area contributed by atoms with Gasteiger partial charge in [0.2, 0.25) is 5.95 Å². The molecule has 6 nitrogen and oxygen atoms in total. The second-order valence-electron chi connectivity index (χ2n) is 3.83. The molecule has 1 N–H and O–H groups in total. The predicted octanol–water partition coefficient (Wildman–Crippen LogP) is 1.08. The molecule has 0 atom stereocenters. The van der Waals surface area contributed by atoms with Gasteiger partial charge in [-0.2, -0.15) is 5.10 Å². The number of rotatable bonds is 2. The lowest BCUT2D eigenvalue weighted by Crippen LogP contribution is -2.14. The van der Waals surface area contributed by atoms with Crippen LogP contribution in [0.1, 0.15) is 21.7 Å². The molecule has 0 fully saturated rings. The third-order valence-corrected chi connectivity index (χ3v) is 2.17. The first-order valence-electron chi connectivity index (χ1n) is 5.17. The van der Waals surface area contributed by atoms with Crippen LogP contribution in [0.25, 0.3) is 0 Å². The van der Waals surface area contributed by atoms with E-state index in [4.69, 9.17) is 0 Å². The van der Waals surface area contributed by atoms with Crippen molar-refractivity contribution in [2.24, 2.45) is 7.05 Å². The largest absolute Gasteiger partial charge is 0.290 e. The van der Waals surface area contributed by atoms with Crippen molar-refractivity contribution in [3.63, 3.8) is 0 Å². The molecular formula is C11H13N5O. The minimum Gasteiger partial charge on any atom is -0.290 e. The summed E-state index contributed by atoms with van der Waals surface area (Å²) in [6.07, 6.45) is 3.13. The molecule has 2 heterocycles. The van der Waals surface area contributed by atoms with E-state index in [1.54, 1.807) is 17.9 Å². The first-order chi connectivity index (χ1) is 8.04. The Labute approximate surface area is 98.7 Å². The van der Waals surface area contributed by atoms with Gasteiger partial charge in [0.15, 0.2) is 0 Å². The maximum atomic E-state index is 11.8. The van der Waals surface area contributed by atoms with Crippen molar-refractivity contribution in [1.29, 1.82) is 0 Å². The third kappa shape index (κ3) is 2.66.